The average Bonchev–Trinajstić information content (AvgIpc) is 2.47. The summed E-state index contributed by atoms with van der Waals surface area (Å²) >= 11 is 0. The van der Waals surface area contributed by atoms with Gasteiger partial charge in [-0.05, 0) is 25.8 Å². The number of hydrogen-bond acceptors (Lipinski definition) is 5. The number of benzene rings is 1. The van der Waals surface area contributed by atoms with Crippen LogP contribution < -0.4 is 10.5 Å². The lowest BCUT2D eigenvalue weighted by Crippen LogP contribution is -2.49. The average molecular weight is 333 g/mol. The van der Waals surface area contributed by atoms with Crippen LogP contribution in [0.15, 0.2) is 17.0 Å². The molecule has 0 radical (unpaired) electrons. The molecule has 0 amide bonds. The van der Waals surface area contributed by atoms with Crippen LogP contribution in [-0.2, 0) is 10.0 Å². The summed E-state index contributed by atoms with van der Waals surface area (Å²) in [4.78, 5) is 9.56. The molecular formula is C13H20FN3O4S. The minimum atomic E-state index is -4.08. The van der Waals surface area contributed by atoms with Crippen LogP contribution in [0.3, 0.4) is 0 Å². The topological polar surface area (TPSA) is 115 Å². The third-order valence-electron chi connectivity index (χ3n) is 3.82. The molecule has 0 atom stereocenters. The van der Waals surface area contributed by atoms with Crippen LogP contribution in [0.25, 0.3) is 0 Å². The molecule has 0 bridgehead atoms. The second-order valence-electron chi connectivity index (χ2n) is 5.20. The largest absolute Gasteiger partial charge is 0.324 e. The van der Waals surface area contributed by atoms with Crippen molar-refractivity contribution in [3.63, 3.8) is 0 Å². The van der Waals surface area contributed by atoms with Crippen molar-refractivity contribution in [3.8, 4) is 0 Å². The summed E-state index contributed by atoms with van der Waals surface area (Å²) in [6, 6.07) is 1.61. The Labute approximate surface area is 128 Å². The molecule has 0 unspecified atom stereocenters. The number of nitro benzene ring substituents is 1. The minimum Gasteiger partial charge on any atom is -0.324 e. The lowest BCUT2D eigenvalue weighted by Gasteiger charge is -2.26. The standard InChI is InChI=1S/C13H20FN3O4S/c1-4-13(15,5-2)8-16-22(20,21)10-6-11(14)9(3)12(7-10)17(18)19/h6-7,16H,4-5,8,15H2,1-3H3. The summed E-state index contributed by atoms with van der Waals surface area (Å²) in [5.41, 5.74) is 4.50. The van der Waals surface area contributed by atoms with Crippen molar-refractivity contribution in [1.29, 1.82) is 0 Å². The third-order valence-corrected chi connectivity index (χ3v) is 5.20. The van der Waals surface area contributed by atoms with E-state index in [-0.39, 0.29) is 12.1 Å². The maximum Gasteiger partial charge on any atom is 0.276 e. The molecular weight excluding hydrogens is 313 g/mol. The van der Waals surface area contributed by atoms with Crippen LogP contribution in [-0.4, -0.2) is 25.4 Å². The lowest BCUT2D eigenvalue weighted by atomic mass is 9.95. The molecule has 0 saturated carbocycles. The van der Waals surface area contributed by atoms with Gasteiger partial charge in [0.05, 0.1) is 15.4 Å². The van der Waals surface area contributed by atoms with Gasteiger partial charge >= 0.3 is 0 Å². The number of nitrogens with zero attached hydrogens (tertiary/aromatic N) is 1. The first-order chi connectivity index (χ1) is 10.1. The Hall–Kier alpha value is -1.58. The molecule has 0 spiro atoms. The highest BCUT2D eigenvalue weighted by Crippen LogP contribution is 2.25. The molecule has 0 aliphatic carbocycles. The fourth-order valence-corrected chi connectivity index (χ4v) is 2.98. The fourth-order valence-electron chi connectivity index (χ4n) is 1.81. The summed E-state index contributed by atoms with van der Waals surface area (Å²) in [7, 11) is -4.08. The molecule has 3 N–H and O–H groups in total. The van der Waals surface area contributed by atoms with Crippen molar-refractivity contribution in [1.82, 2.24) is 4.72 Å². The SMILES string of the molecule is CCC(N)(CC)CNS(=O)(=O)c1cc(F)c(C)c([N+](=O)[O-])c1. The van der Waals surface area contributed by atoms with Crippen molar-refractivity contribution in [2.45, 2.75) is 44.0 Å². The van der Waals surface area contributed by atoms with E-state index in [2.05, 4.69) is 4.72 Å². The predicted octanol–water partition coefficient (Wildman–Crippen LogP) is 1.84. The number of nitrogens with one attached hydrogen (secondary N) is 1. The molecule has 0 fully saturated rings. The number of rotatable bonds is 7. The van der Waals surface area contributed by atoms with Crippen LogP contribution in [0.1, 0.15) is 32.3 Å². The molecule has 22 heavy (non-hydrogen) atoms. The molecule has 9 heteroatoms. The zero-order chi connectivity index (χ0) is 17.1. The Morgan fingerprint density at radius 3 is 2.36 bits per heavy atom. The smallest absolute Gasteiger partial charge is 0.276 e. The van der Waals surface area contributed by atoms with Crippen molar-refractivity contribution >= 4 is 15.7 Å². The van der Waals surface area contributed by atoms with E-state index in [4.69, 9.17) is 5.73 Å². The highest BCUT2D eigenvalue weighted by Gasteiger charge is 2.27. The van der Waals surface area contributed by atoms with Gasteiger partial charge in [0, 0.05) is 18.2 Å². The number of hydrogen-bond donors (Lipinski definition) is 2. The lowest BCUT2D eigenvalue weighted by molar-refractivity contribution is -0.385. The van der Waals surface area contributed by atoms with Gasteiger partial charge in [-0.15, -0.1) is 0 Å². The Morgan fingerprint density at radius 2 is 1.91 bits per heavy atom. The first kappa shape index (κ1) is 18.5. The van der Waals surface area contributed by atoms with Crippen molar-refractivity contribution in [2.75, 3.05) is 6.54 Å². The first-order valence-corrected chi connectivity index (χ1v) is 8.27. The van der Waals surface area contributed by atoms with E-state index in [1.165, 1.54) is 6.92 Å². The molecule has 7 nitrogen and oxygen atoms in total. The van der Waals surface area contributed by atoms with Gasteiger partial charge in [-0.3, -0.25) is 10.1 Å². The second-order valence-corrected chi connectivity index (χ2v) is 6.97. The van der Waals surface area contributed by atoms with E-state index in [1.807, 2.05) is 13.8 Å². The van der Waals surface area contributed by atoms with E-state index in [0.717, 1.165) is 12.1 Å². The van der Waals surface area contributed by atoms with Crippen LogP contribution >= 0.6 is 0 Å². The number of sulfonamides is 1. The third kappa shape index (κ3) is 3.99. The van der Waals surface area contributed by atoms with E-state index in [0.29, 0.717) is 12.8 Å². The molecule has 0 aliphatic heterocycles. The minimum absolute atomic E-state index is 0.0361. The normalized spacial score (nSPS) is 12.4. The molecule has 0 aromatic heterocycles. The van der Waals surface area contributed by atoms with Gasteiger partial charge in [0.25, 0.3) is 5.69 Å². The molecule has 1 aromatic rings. The molecule has 0 aliphatic rings. The predicted molar refractivity (Wildman–Crippen MR) is 80.5 cm³/mol. The Kier molecular flexibility index (Phi) is 5.60. The summed E-state index contributed by atoms with van der Waals surface area (Å²) in [6.07, 6.45) is 1.10. The van der Waals surface area contributed by atoms with Gasteiger partial charge in [-0.1, -0.05) is 13.8 Å². The van der Waals surface area contributed by atoms with Gasteiger partial charge < -0.3 is 5.73 Å². The highest BCUT2D eigenvalue weighted by atomic mass is 32.2. The summed E-state index contributed by atoms with van der Waals surface area (Å²) in [5.74, 6) is -0.945. The van der Waals surface area contributed by atoms with Crippen LogP contribution in [0, 0.1) is 22.9 Å². The van der Waals surface area contributed by atoms with E-state index >= 15 is 0 Å². The molecule has 0 heterocycles. The first-order valence-electron chi connectivity index (χ1n) is 6.79. The maximum absolute atomic E-state index is 13.7. The Morgan fingerprint density at radius 1 is 1.36 bits per heavy atom. The molecule has 124 valence electrons. The van der Waals surface area contributed by atoms with Crippen molar-refractivity contribution in [2.24, 2.45) is 5.73 Å². The molecule has 1 rings (SSSR count). The Bertz CT molecular complexity index is 672. The van der Waals surface area contributed by atoms with E-state index in [9.17, 15) is 22.9 Å². The fraction of sp³-hybridized carbons (Fsp3) is 0.538. The highest BCUT2D eigenvalue weighted by molar-refractivity contribution is 7.89. The van der Waals surface area contributed by atoms with Gasteiger partial charge in [-0.2, -0.15) is 0 Å². The van der Waals surface area contributed by atoms with Gasteiger partial charge in [0.1, 0.15) is 5.82 Å². The zero-order valence-electron chi connectivity index (χ0n) is 12.7. The number of halogens is 1. The number of nitro groups is 1. The quantitative estimate of drug-likeness (QED) is 0.583. The summed E-state index contributed by atoms with van der Waals surface area (Å²) in [5, 5.41) is 10.9. The maximum atomic E-state index is 13.7. The summed E-state index contributed by atoms with van der Waals surface area (Å²) in [6.45, 7) is 4.84. The molecule has 1 aromatic carbocycles. The Balaban J connectivity index is 3.16. The van der Waals surface area contributed by atoms with Crippen LogP contribution in [0.5, 0.6) is 0 Å². The van der Waals surface area contributed by atoms with Crippen LogP contribution in [0.2, 0.25) is 0 Å². The van der Waals surface area contributed by atoms with Crippen molar-refractivity contribution < 1.29 is 17.7 Å². The summed E-state index contributed by atoms with van der Waals surface area (Å²) < 4.78 is 40.4. The van der Waals surface area contributed by atoms with E-state index < -0.39 is 36.9 Å². The number of nitrogens with two attached hydrogens (primary N) is 1. The van der Waals surface area contributed by atoms with Gasteiger partial charge in [0.2, 0.25) is 10.0 Å². The van der Waals surface area contributed by atoms with Crippen molar-refractivity contribution in [3.05, 3.63) is 33.6 Å². The van der Waals surface area contributed by atoms with E-state index in [1.54, 1.807) is 0 Å². The second kappa shape index (κ2) is 6.67. The van der Waals surface area contributed by atoms with Gasteiger partial charge in [-0.25, -0.2) is 17.5 Å². The monoisotopic (exact) mass is 333 g/mol. The molecule has 0 saturated heterocycles. The zero-order valence-corrected chi connectivity index (χ0v) is 13.5. The van der Waals surface area contributed by atoms with Gasteiger partial charge in [0.15, 0.2) is 0 Å². The van der Waals surface area contributed by atoms with Crippen LogP contribution in [0.4, 0.5) is 10.1 Å².